The van der Waals surface area contributed by atoms with Crippen molar-refractivity contribution in [1.29, 1.82) is 21.0 Å². The van der Waals surface area contributed by atoms with Crippen molar-refractivity contribution in [1.82, 2.24) is 9.13 Å². The van der Waals surface area contributed by atoms with E-state index < -0.39 is 0 Å². The molecule has 10 rings (SSSR count). The summed E-state index contributed by atoms with van der Waals surface area (Å²) in [5.74, 6) is 0. The predicted octanol–water partition coefficient (Wildman–Crippen LogP) is 12.5. The lowest BCUT2D eigenvalue weighted by Gasteiger charge is -2.26. The zero-order chi connectivity index (χ0) is 40.0. The normalized spacial score (nSPS) is 11.0. The number of rotatable bonds is 6. The van der Waals surface area contributed by atoms with Crippen LogP contribution in [0.4, 0.5) is 17.1 Å². The van der Waals surface area contributed by atoms with Gasteiger partial charge in [-0.3, -0.25) is 0 Å². The fourth-order valence-electron chi connectivity index (χ4n) is 8.38. The molecule has 2 aromatic heterocycles. The predicted molar refractivity (Wildman–Crippen MR) is 234 cm³/mol. The molecule has 0 spiro atoms. The topological polar surface area (TPSA) is 108 Å². The van der Waals surface area contributed by atoms with Gasteiger partial charge >= 0.3 is 0 Å². The van der Waals surface area contributed by atoms with Gasteiger partial charge in [0.1, 0.15) is 12.1 Å². The van der Waals surface area contributed by atoms with E-state index in [1.807, 2.05) is 54.6 Å². The number of hydrogen-bond donors (Lipinski definition) is 0. The summed E-state index contributed by atoms with van der Waals surface area (Å²) in [6, 6.07) is 67.6. The van der Waals surface area contributed by atoms with Crippen molar-refractivity contribution in [2.24, 2.45) is 0 Å². The number of para-hydroxylation sites is 2. The second-order valence-electron chi connectivity index (χ2n) is 14.3. The average molecular weight is 752 g/mol. The zero-order valence-corrected chi connectivity index (χ0v) is 31.4. The lowest BCUT2D eigenvalue weighted by molar-refractivity contribution is 1.16. The van der Waals surface area contributed by atoms with Crippen LogP contribution in [0.2, 0.25) is 0 Å². The summed E-state index contributed by atoms with van der Waals surface area (Å²) in [6.45, 7) is 0. The van der Waals surface area contributed by atoms with Crippen LogP contribution in [0.3, 0.4) is 0 Å². The Morgan fingerprint density at radius 1 is 0.339 bits per heavy atom. The fraction of sp³-hybridized carbons (Fsp3) is 0. The van der Waals surface area contributed by atoms with Crippen molar-refractivity contribution in [2.75, 3.05) is 4.90 Å². The molecular formula is C52H29N7. The van der Waals surface area contributed by atoms with Crippen LogP contribution in [0.15, 0.2) is 176 Å². The maximum absolute atomic E-state index is 10.2. The molecule has 0 atom stereocenters. The van der Waals surface area contributed by atoms with E-state index in [1.165, 1.54) is 0 Å². The molecule has 7 heteroatoms. The van der Waals surface area contributed by atoms with E-state index in [9.17, 15) is 21.0 Å². The molecule has 0 aliphatic carbocycles. The molecule has 0 aliphatic rings. The van der Waals surface area contributed by atoms with E-state index in [4.69, 9.17) is 0 Å². The highest BCUT2D eigenvalue weighted by Gasteiger charge is 2.21. The third kappa shape index (κ3) is 5.63. The number of anilines is 3. The average Bonchev–Trinajstić information content (AvgIpc) is 3.81. The van der Waals surface area contributed by atoms with Gasteiger partial charge in [0.25, 0.3) is 0 Å². The molecule has 0 saturated heterocycles. The van der Waals surface area contributed by atoms with E-state index in [0.717, 1.165) is 71.8 Å². The van der Waals surface area contributed by atoms with Crippen LogP contribution in [-0.2, 0) is 0 Å². The molecule has 0 aliphatic heterocycles. The van der Waals surface area contributed by atoms with Crippen LogP contribution >= 0.6 is 0 Å². The molecule has 8 aromatic carbocycles. The minimum Gasteiger partial charge on any atom is -0.310 e. The fourth-order valence-corrected chi connectivity index (χ4v) is 8.38. The van der Waals surface area contributed by atoms with Crippen molar-refractivity contribution in [3.63, 3.8) is 0 Å². The molecule has 0 N–H and O–H groups in total. The summed E-state index contributed by atoms with van der Waals surface area (Å²) in [4.78, 5) is 2.26. The van der Waals surface area contributed by atoms with Gasteiger partial charge in [0.05, 0.1) is 67.8 Å². The van der Waals surface area contributed by atoms with E-state index in [-0.39, 0.29) is 0 Å². The molecule has 10 aromatic rings. The first kappa shape index (κ1) is 34.6. The number of benzene rings is 8. The Morgan fingerprint density at radius 2 is 0.763 bits per heavy atom. The van der Waals surface area contributed by atoms with E-state index in [0.29, 0.717) is 33.6 Å². The highest BCUT2D eigenvalue weighted by molar-refractivity contribution is 6.12. The second-order valence-corrected chi connectivity index (χ2v) is 14.3. The summed E-state index contributed by atoms with van der Waals surface area (Å²) in [5, 5.41) is 43.6. The van der Waals surface area contributed by atoms with Gasteiger partial charge in [-0.05, 0) is 108 Å². The second kappa shape index (κ2) is 14.0. The van der Waals surface area contributed by atoms with Gasteiger partial charge in [-0.15, -0.1) is 0 Å². The standard InChI is InChI=1S/C52H29N7/c53-30-34-14-22-47(38(26-34)32-55)58-49-12-6-4-10-43(49)45-28-41(20-24-51(45)58)57(40-18-16-37(17-19-40)36-8-2-1-3-9-36)42-21-25-52-46(29-42)44-11-5-7-13-50(44)59(52)48-23-15-35(31-54)27-39(48)33-56/h1-29H. The smallest absolute Gasteiger partial charge is 0.101 e. The Kier molecular flexibility index (Phi) is 8.21. The minimum absolute atomic E-state index is 0.422. The number of fused-ring (bicyclic) bond motifs is 6. The molecule has 0 amide bonds. The van der Waals surface area contributed by atoms with Crippen LogP contribution in [0.25, 0.3) is 66.1 Å². The van der Waals surface area contributed by atoms with Crippen molar-refractivity contribution < 1.29 is 0 Å². The lowest BCUT2D eigenvalue weighted by Crippen LogP contribution is -2.10. The molecular weight excluding hydrogens is 723 g/mol. The van der Waals surface area contributed by atoms with E-state index in [2.05, 4.69) is 135 Å². The summed E-state index contributed by atoms with van der Waals surface area (Å²) in [7, 11) is 0. The Bertz CT molecular complexity index is 3300. The Hall–Kier alpha value is -8.88. The maximum Gasteiger partial charge on any atom is 0.101 e. The molecule has 7 nitrogen and oxygen atoms in total. The number of aromatic nitrogens is 2. The quantitative estimate of drug-likeness (QED) is 0.168. The minimum atomic E-state index is 0.422. The SMILES string of the molecule is N#Cc1ccc(-n2c3ccccc3c3cc(N(c4ccc(-c5ccccc5)cc4)c4ccc5c(c4)c4ccccc4n5-c4ccc(C#N)cc4C#N)ccc32)c(C#N)c1. The van der Waals surface area contributed by atoms with Gasteiger partial charge in [-0.2, -0.15) is 21.0 Å². The summed E-state index contributed by atoms with van der Waals surface area (Å²) >= 11 is 0. The van der Waals surface area contributed by atoms with Gasteiger partial charge in [0.15, 0.2) is 0 Å². The Balaban J connectivity index is 1.20. The van der Waals surface area contributed by atoms with Crippen molar-refractivity contribution in [3.8, 4) is 46.8 Å². The van der Waals surface area contributed by atoms with E-state index in [1.54, 1.807) is 24.3 Å². The highest BCUT2D eigenvalue weighted by atomic mass is 15.1. The first-order valence-corrected chi connectivity index (χ1v) is 19.0. The molecule has 0 saturated carbocycles. The van der Waals surface area contributed by atoms with Crippen LogP contribution in [0.1, 0.15) is 22.3 Å². The van der Waals surface area contributed by atoms with Gasteiger partial charge in [0, 0.05) is 38.6 Å². The summed E-state index contributed by atoms with van der Waals surface area (Å²) in [6.07, 6.45) is 0. The van der Waals surface area contributed by atoms with Crippen molar-refractivity contribution in [3.05, 3.63) is 198 Å². The molecule has 59 heavy (non-hydrogen) atoms. The number of nitrogens with zero attached hydrogens (tertiary/aromatic N) is 7. The van der Waals surface area contributed by atoms with Gasteiger partial charge in [-0.1, -0.05) is 78.9 Å². The largest absolute Gasteiger partial charge is 0.310 e. The van der Waals surface area contributed by atoms with Gasteiger partial charge in [-0.25, -0.2) is 0 Å². The monoisotopic (exact) mass is 751 g/mol. The third-order valence-corrected chi connectivity index (χ3v) is 11.0. The van der Waals surface area contributed by atoms with Gasteiger partial charge in [0.2, 0.25) is 0 Å². The molecule has 0 radical (unpaired) electrons. The van der Waals surface area contributed by atoms with Crippen LogP contribution in [-0.4, -0.2) is 9.13 Å². The molecule has 0 fully saturated rings. The van der Waals surface area contributed by atoms with Crippen LogP contribution in [0, 0.1) is 45.3 Å². The van der Waals surface area contributed by atoms with Crippen LogP contribution < -0.4 is 4.90 Å². The number of nitriles is 4. The zero-order valence-electron chi connectivity index (χ0n) is 31.4. The van der Waals surface area contributed by atoms with E-state index >= 15 is 0 Å². The molecule has 0 unspecified atom stereocenters. The molecule has 2 heterocycles. The third-order valence-electron chi connectivity index (χ3n) is 11.0. The first-order valence-electron chi connectivity index (χ1n) is 19.0. The Labute approximate surface area is 339 Å². The van der Waals surface area contributed by atoms with Crippen molar-refractivity contribution >= 4 is 60.7 Å². The number of hydrogen-bond acceptors (Lipinski definition) is 5. The Morgan fingerprint density at radius 3 is 1.24 bits per heavy atom. The summed E-state index contributed by atoms with van der Waals surface area (Å²) < 4.78 is 4.21. The molecule has 0 bridgehead atoms. The maximum atomic E-state index is 10.2. The highest BCUT2D eigenvalue weighted by Crippen LogP contribution is 2.43. The van der Waals surface area contributed by atoms with Gasteiger partial charge < -0.3 is 14.0 Å². The lowest BCUT2D eigenvalue weighted by atomic mass is 10.0. The first-order chi connectivity index (χ1) is 29.1. The van der Waals surface area contributed by atoms with Crippen molar-refractivity contribution in [2.45, 2.75) is 0 Å². The summed E-state index contributed by atoms with van der Waals surface area (Å²) in [5.41, 5.74) is 12.0. The van der Waals surface area contributed by atoms with Crippen LogP contribution in [0.5, 0.6) is 0 Å². The molecule has 272 valence electrons.